The molecule has 0 saturated carbocycles. The molecule has 0 saturated heterocycles. The van der Waals surface area contributed by atoms with Crippen molar-refractivity contribution in [2.75, 3.05) is 0 Å². The van der Waals surface area contributed by atoms with E-state index in [1.165, 1.54) is 0 Å². The number of hydrogen-bond donors (Lipinski definition) is 2. The van der Waals surface area contributed by atoms with Crippen LogP contribution in [0.4, 0.5) is 0 Å². The summed E-state index contributed by atoms with van der Waals surface area (Å²) in [5, 5.41) is 16.7. The first kappa shape index (κ1) is 12.8. The first-order chi connectivity index (χ1) is 8.49. The van der Waals surface area contributed by atoms with Crippen molar-refractivity contribution in [2.24, 2.45) is 5.92 Å². The summed E-state index contributed by atoms with van der Waals surface area (Å²) < 4.78 is 2.62. The highest BCUT2D eigenvalue weighted by Crippen LogP contribution is 2.24. The van der Waals surface area contributed by atoms with Gasteiger partial charge in [0.25, 0.3) is 0 Å². The van der Waals surface area contributed by atoms with Crippen LogP contribution in [0.1, 0.15) is 19.4 Å². The number of aromatic amines is 1. The molecule has 0 spiro atoms. The smallest absolute Gasteiger partial charge is 0.195 e. The Hall–Kier alpha value is -1.62. The third kappa shape index (κ3) is 2.46. The summed E-state index contributed by atoms with van der Waals surface area (Å²) in [7, 11) is 0. The van der Waals surface area contributed by atoms with Crippen molar-refractivity contribution in [3.05, 3.63) is 28.5 Å². The zero-order valence-corrected chi connectivity index (χ0v) is 11.6. The fourth-order valence-corrected chi connectivity index (χ4v) is 2.07. The number of H-pyrrole nitrogens is 1. The molecule has 0 amide bonds. The SMILES string of the molecule is Cc1cc(-c2n[nH]c(=S)n2CC(C)C)ccc1O. The minimum Gasteiger partial charge on any atom is -0.508 e. The highest BCUT2D eigenvalue weighted by molar-refractivity contribution is 7.71. The number of rotatable bonds is 3. The minimum atomic E-state index is 0.295. The highest BCUT2D eigenvalue weighted by Gasteiger charge is 2.11. The van der Waals surface area contributed by atoms with E-state index in [0.29, 0.717) is 16.4 Å². The molecule has 0 atom stereocenters. The molecule has 18 heavy (non-hydrogen) atoms. The molecule has 2 rings (SSSR count). The van der Waals surface area contributed by atoms with Crippen molar-refractivity contribution >= 4 is 12.2 Å². The zero-order valence-electron chi connectivity index (χ0n) is 10.8. The van der Waals surface area contributed by atoms with Gasteiger partial charge in [0.15, 0.2) is 10.6 Å². The molecular weight excluding hydrogens is 246 g/mol. The molecule has 0 aliphatic rings. The molecule has 1 heterocycles. The van der Waals surface area contributed by atoms with Crippen molar-refractivity contribution in [1.82, 2.24) is 14.8 Å². The van der Waals surface area contributed by atoms with E-state index in [4.69, 9.17) is 12.2 Å². The average Bonchev–Trinajstić information content (AvgIpc) is 2.64. The number of phenolic OH excluding ortho intramolecular Hbond substituents is 1. The maximum absolute atomic E-state index is 9.55. The van der Waals surface area contributed by atoms with Gasteiger partial charge in [-0.25, -0.2) is 0 Å². The van der Waals surface area contributed by atoms with E-state index in [-0.39, 0.29) is 0 Å². The van der Waals surface area contributed by atoms with Gasteiger partial charge in [-0.1, -0.05) is 13.8 Å². The predicted molar refractivity (Wildman–Crippen MR) is 74.1 cm³/mol. The van der Waals surface area contributed by atoms with Crippen LogP contribution in [0.5, 0.6) is 5.75 Å². The molecule has 0 aliphatic heterocycles. The van der Waals surface area contributed by atoms with E-state index in [0.717, 1.165) is 23.5 Å². The van der Waals surface area contributed by atoms with Crippen molar-refractivity contribution < 1.29 is 5.11 Å². The number of nitrogens with one attached hydrogen (secondary N) is 1. The summed E-state index contributed by atoms with van der Waals surface area (Å²) in [4.78, 5) is 0. The standard InChI is InChI=1S/C13H17N3OS/c1-8(2)7-16-12(14-15-13(16)18)10-4-5-11(17)9(3)6-10/h4-6,8,17H,7H2,1-3H3,(H,15,18). The summed E-state index contributed by atoms with van der Waals surface area (Å²) in [6.07, 6.45) is 0. The van der Waals surface area contributed by atoms with Gasteiger partial charge < -0.3 is 5.11 Å². The van der Waals surface area contributed by atoms with Crippen molar-refractivity contribution in [3.63, 3.8) is 0 Å². The largest absolute Gasteiger partial charge is 0.508 e. The molecule has 0 fully saturated rings. The fraction of sp³-hybridized carbons (Fsp3) is 0.385. The van der Waals surface area contributed by atoms with Crippen LogP contribution in [0.3, 0.4) is 0 Å². The average molecular weight is 263 g/mol. The quantitative estimate of drug-likeness (QED) is 0.836. The molecular formula is C13H17N3OS. The lowest BCUT2D eigenvalue weighted by molar-refractivity contribution is 0.471. The molecule has 2 N–H and O–H groups in total. The Morgan fingerprint density at radius 3 is 2.78 bits per heavy atom. The van der Waals surface area contributed by atoms with Crippen molar-refractivity contribution in [3.8, 4) is 17.1 Å². The lowest BCUT2D eigenvalue weighted by Gasteiger charge is -2.10. The highest BCUT2D eigenvalue weighted by atomic mass is 32.1. The first-order valence-corrected chi connectivity index (χ1v) is 6.35. The second-order valence-electron chi connectivity index (χ2n) is 4.86. The van der Waals surface area contributed by atoms with Gasteiger partial charge in [0.1, 0.15) is 5.75 Å². The van der Waals surface area contributed by atoms with Gasteiger partial charge in [-0.15, -0.1) is 0 Å². The number of aryl methyl sites for hydroxylation is 1. The van der Waals surface area contributed by atoms with E-state index < -0.39 is 0 Å². The van der Waals surface area contributed by atoms with Gasteiger partial charge in [0.2, 0.25) is 0 Å². The molecule has 0 radical (unpaired) electrons. The molecule has 1 aromatic heterocycles. The Bertz CT molecular complexity index is 613. The van der Waals surface area contributed by atoms with Crippen LogP contribution in [0.2, 0.25) is 0 Å². The summed E-state index contributed by atoms with van der Waals surface area (Å²) in [6, 6.07) is 5.45. The summed E-state index contributed by atoms with van der Waals surface area (Å²) in [5.74, 6) is 1.60. The van der Waals surface area contributed by atoms with Gasteiger partial charge in [-0.05, 0) is 48.8 Å². The lowest BCUT2D eigenvalue weighted by atomic mass is 10.1. The van der Waals surface area contributed by atoms with Crippen LogP contribution in [0.25, 0.3) is 11.4 Å². The van der Waals surface area contributed by atoms with E-state index in [1.807, 2.05) is 23.6 Å². The summed E-state index contributed by atoms with van der Waals surface area (Å²) in [6.45, 7) is 6.97. The zero-order chi connectivity index (χ0) is 13.3. The Labute approximate surface area is 111 Å². The van der Waals surface area contributed by atoms with Crippen molar-refractivity contribution in [2.45, 2.75) is 27.3 Å². The maximum Gasteiger partial charge on any atom is 0.195 e. The number of phenols is 1. The van der Waals surface area contributed by atoms with Crippen LogP contribution in [0, 0.1) is 17.6 Å². The van der Waals surface area contributed by atoms with Gasteiger partial charge in [-0.3, -0.25) is 9.67 Å². The monoisotopic (exact) mass is 263 g/mol. The Morgan fingerprint density at radius 1 is 1.44 bits per heavy atom. The third-order valence-corrected chi connectivity index (χ3v) is 3.07. The summed E-state index contributed by atoms with van der Waals surface area (Å²) in [5.41, 5.74) is 1.79. The van der Waals surface area contributed by atoms with Gasteiger partial charge >= 0.3 is 0 Å². The molecule has 0 bridgehead atoms. The van der Waals surface area contributed by atoms with E-state index in [1.54, 1.807) is 6.07 Å². The second kappa shape index (κ2) is 4.94. The Morgan fingerprint density at radius 2 is 2.17 bits per heavy atom. The van der Waals surface area contributed by atoms with Crippen LogP contribution < -0.4 is 0 Å². The fourth-order valence-electron chi connectivity index (χ4n) is 1.87. The van der Waals surface area contributed by atoms with E-state index >= 15 is 0 Å². The second-order valence-corrected chi connectivity index (χ2v) is 5.24. The molecule has 1 aromatic carbocycles. The topological polar surface area (TPSA) is 53.8 Å². The van der Waals surface area contributed by atoms with Gasteiger partial charge in [-0.2, -0.15) is 5.10 Å². The number of aromatic hydroxyl groups is 1. The number of aromatic nitrogens is 3. The minimum absolute atomic E-state index is 0.295. The van der Waals surface area contributed by atoms with Crippen molar-refractivity contribution in [1.29, 1.82) is 0 Å². The molecule has 5 heteroatoms. The Balaban J connectivity index is 2.50. The summed E-state index contributed by atoms with van der Waals surface area (Å²) >= 11 is 5.25. The number of benzene rings is 1. The van der Waals surface area contributed by atoms with Crippen LogP contribution in [-0.2, 0) is 6.54 Å². The molecule has 96 valence electrons. The van der Waals surface area contributed by atoms with Crippen LogP contribution in [-0.4, -0.2) is 19.9 Å². The van der Waals surface area contributed by atoms with E-state index in [9.17, 15) is 5.11 Å². The van der Waals surface area contributed by atoms with E-state index in [2.05, 4.69) is 24.0 Å². The molecule has 0 unspecified atom stereocenters. The van der Waals surface area contributed by atoms with Crippen LogP contribution >= 0.6 is 12.2 Å². The van der Waals surface area contributed by atoms with Crippen LogP contribution in [0.15, 0.2) is 18.2 Å². The predicted octanol–water partition coefficient (Wildman–Crippen LogP) is 3.28. The lowest BCUT2D eigenvalue weighted by Crippen LogP contribution is -2.06. The van der Waals surface area contributed by atoms with Gasteiger partial charge in [0.05, 0.1) is 0 Å². The first-order valence-electron chi connectivity index (χ1n) is 5.94. The number of hydrogen-bond acceptors (Lipinski definition) is 3. The molecule has 0 aliphatic carbocycles. The maximum atomic E-state index is 9.55. The molecule has 4 nitrogen and oxygen atoms in total. The van der Waals surface area contributed by atoms with Gasteiger partial charge in [0, 0.05) is 12.1 Å². The Kier molecular flexibility index (Phi) is 3.52. The molecule has 2 aromatic rings. The normalized spacial score (nSPS) is 11.1. The third-order valence-electron chi connectivity index (χ3n) is 2.76. The number of nitrogens with zero attached hydrogens (tertiary/aromatic N) is 2.